The Labute approximate surface area is 114 Å². The third-order valence-corrected chi connectivity index (χ3v) is 5.05. The van der Waals surface area contributed by atoms with Crippen molar-refractivity contribution in [2.75, 3.05) is 0 Å². The normalized spacial score (nSPS) is 37.5. The van der Waals surface area contributed by atoms with Crippen LogP contribution < -0.4 is 0 Å². The van der Waals surface area contributed by atoms with E-state index in [1.807, 2.05) is 6.92 Å². The molecule has 1 saturated heterocycles. The first kappa shape index (κ1) is 12.8. The van der Waals surface area contributed by atoms with Crippen LogP contribution in [-0.4, -0.2) is 17.9 Å². The predicted octanol–water partition coefficient (Wildman–Crippen LogP) is 3.99. The van der Waals surface area contributed by atoms with Crippen LogP contribution in [0, 0.1) is 11.8 Å². The molecule has 0 amide bonds. The Balaban J connectivity index is 2.09. The lowest BCUT2D eigenvalue weighted by molar-refractivity contribution is 0.00693. The number of rotatable bonds is 1. The summed E-state index contributed by atoms with van der Waals surface area (Å²) < 4.78 is 11.0. The van der Waals surface area contributed by atoms with Gasteiger partial charge in [0.15, 0.2) is 5.60 Å². The molecular formula is C16H22O3. The third kappa shape index (κ3) is 1.82. The summed E-state index contributed by atoms with van der Waals surface area (Å²) in [6.45, 7) is 8.64. The van der Waals surface area contributed by atoms with E-state index in [1.54, 1.807) is 0 Å². The molecule has 3 nitrogen and oxygen atoms in total. The number of carbonyl (C=O) groups is 1. The van der Waals surface area contributed by atoms with E-state index < -0.39 is 11.8 Å². The van der Waals surface area contributed by atoms with Crippen LogP contribution in [0.2, 0.25) is 0 Å². The number of ether oxygens (including phenoxy) is 2. The maximum Gasteiger partial charge on any atom is 0.509 e. The summed E-state index contributed by atoms with van der Waals surface area (Å²) in [6, 6.07) is 0. The van der Waals surface area contributed by atoms with Gasteiger partial charge in [-0.3, -0.25) is 0 Å². The molecule has 1 fully saturated rings. The van der Waals surface area contributed by atoms with Crippen molar-refractivity contribution in [3.63, 3.8) is 0 Å². The van der Waals surface area contributed by atoms with Crippen molar-refractivity contribution in [2.24, 2.45) is 11.8 Å². The average molecular weight is 262 g/mol. The van der Waals surface area contributed by atoms with Crippen molar-refractivity contribution < 1.29 is 14.3 Å². The molecule has 0 bridgehead atoms. The first-order chi connectivity index (χ1) is 8.91. The Hall–Kier alpha value is -1.25. The zero-order chi connectivity index (χ0) is 13.8. The fraction of sp³-hybridized carbons (Fsp3) is 0.688. The fourth-order valence-electron chi connectivity index (χ4n) is 3.69. The quantitative estimate of drug-likeness (QED) is 0.670. The molecule has 1 heterocycles. The van der Waals surface area contributed by atoms with Crippen LogP contribution in [0.4, 0.5) is 4.79 Å². The summed E-state index contributed by atoms with van der Waals surface area (Å²) in [5.41, 5.74) is 3.70. The second-order valence-electron chi connectivity index (χ2n) is 6.55. The van der Waals surface area contributed by atoms with E-state index >= 15 is 0 Å². The van der Waals surface area contributed by atoms with E-state index in [0.29, 0.717) is 11.8 Å². The van der Waals surface area contributed by atoms with Gasteiger partial charge in [0.25, 0.3) is 0 Å². The number of hydrogen-bond acceptors (Lipinski definition) is 3. The summed E-state index contributed by atoms with van der Waals surface area (Å²) in [5.74, 6) is 0.767. The van der Waals surface area contributed by atoms with Crippen LogP contribution in [0.1, 0.15) is 47.0 Å². The highest BCUT2D eigenvalue weighted by atomic mass is 16.8. The van der Waals surface area contributed by atoms with Gasteiger partial charge in [0.1, 0.15) is 6.10 Å². The van der Waals surface area contributed by atoms with E-state index in [1.165, 1.54) is 16.7 Å². The second-order valence-corrected chi connectivity index (χ2v) is 6.55. The number of carbonyl (C=O) groups excluding carboxylic acids is 1. The average Bonchev–Trinajstić information content (AvgIpc) is 2.77. The summed E-state index contributed by atoms with van der Waals surface area (Å²) in [6.07, 6.45) is 4.67. The molecule has 0 spiro atoms. The zero-order valence-corrected chi connectivity index (χ0v) is 12.2. The maximum absolute atomic E-state index is 11.6. The van der Waals surface area contributed by atoms with E-state index in [2.05, 4.69) is 26.8 Å². The van der Waals surface area contributed by atoms with Crippen molar-refractivity contribution >= 4 is 6.16 Å². The molecule has 0 aromatic rings. The van der Waals surface area contributed by atoms with Gasteiger partial charge in [0, 0.05) is 12.3 Å². The second kappa shape index (κ2) is 4.12. The molecule has 0 saturated carbocycles. The highest BCUT2D eigenvalue weighted by Gasteiger charge is 2.56. The van der Waals surface area contributed by atoms with Gasteiger partial charge in [0.2, 0.25) is 0 Å². The van der Waals surface area contributed by atoms with Crippen LogP contribution in [0.5, 0.6) is 0 Å². The Morgan fingerprint density at radius 3 is 2.84 bits per heavy atom. The standard InChI is InChI=1S/C16H22O3/c1-9(2)11-7-12-10(3)5-6-13(12)16(4)14(8-11)18-15(17)19-16/h7,9,13-14H,5-6,8H2,1-4H3/t13-,14+,16+/m1/s1. The Morgan fingerprint density at radius 2 is 2.16 bits per heavy atom. The summed E-state index contributed by atoms with van der Waals surface area (Å²) in [5, 5.41) is 0. The maximum atomic E-state index is 11.6. The number of hydrogen-bond donors (Lipinski definition) is 0. The highest BCUT2D eigenvalue weighted by molar-refractivity contribution is 5.64. The zero-order valence-electron chi connectivity index (χ0n) is 12.2. The van der Waals surface area contributed by atoms with E-state index in [-0.39, 0.29) is 6.10 Å². The Morgan fingerprint density at radius 1 is 1.42 bits per heavy atom. The molecule has 2 aliphatic carbocycles. The smallest absolute Gasteiger partial charge is 0.426 e. The Kier molecular flexibility index (Phi) is 2.77. The molecule has 0 aromatic carbocycles. The largest absolute Gasteiger partial charge is 0.509 e. The van der Waals surface area contributed by atoms with Crippen LogP contribution >= 0.6 is 0 Å². The first-order valence-electron chi connectivity index (χ1n) is 7.21. The highest BCUT2D eigenvalue weighted by Crippen LogP contribution is 2.50. The molecule has 3 rings (SSSR count). The summed E-state index contributed by atoms with van der Waals surface area (Å²) in [4.78, 5) is 11.6. The molecular weight excluding hydrogens is 240 g/mol. The van der Waals surface area contributed by atoms with Crippen LogP contribution in [0.25, 0.3) is 0 Å². The molecule has 104 valence electrons. The SMILES string of the molecule is CC1=C2C=C(C(C)C)C[C@@H]3OC(=O)O[C@@]3(C)[C@@H]2CC1. The topological polar surface area (TPSA) is 35.5 Å². The number of allylic oxidation sites excluding steroid dienone is 2. The monoisotopic (exact) mass is 262 g/mol. The lowest BCUT2D eigenvalue weighted by Crippen LogP contribution is -2.43. The van der Waals surface area contributed by atoms with Gasteiger partial charge in [0.05, 0.1) is 0 Å². The van der Waals surface area contributed by atoms with Gasteiger partial charge in [-0.25, -0.2) is 4.79 Å². The molecule has 19 heavy (non-hydrogen) atoms. The van der Waals surface area contributed by atoms with Crippen LogP contribution in [0.15, 0.2) is 22.8 Å². The molecule has 0 aromatic heterocycles. The van der Waals surface area contributed by atoms with Crippen LogP contribution in [0.3, 0.4) is 0 Å². The lowest BCUT2D eigenvalue weighted by Gasteiger charge is -2.32. The minimum Gasteiger partial charge on any atom is -0.426 e. The summed E-state index contributed by atoms with van der Waals surface area (Å²) >= 11 is 0. The van der Waals surface area contributed by atoms with Gasteiger partial charge in [-0.15, -0.1) is 0 Å². The Bertz CT molecular complexity index is 486. The molecule has 3 atom stereocenters. The van der Waals surface area contributed by atoms with Gasteiger partial charge in [-0.1, -0.05) is 31.1 Å². The molecule has 3 heteroatoms. The minimum atomic E-state index is -0.499. The first-order valence-corrected chi connectivity index (χ1v) is 7.21. The van der Waals surface area contributed by atoms with Gasteiger partial charge in [-0.2, -0.15) is 0 Å². The van der Waals surface area contributed by atoms with Crippen LogP contribution in [-0.2, 0) is 9.47 Å². The number of fused-ring (bicyclic) bond motifs is 3. The van der Waals surface area contributed by atoms with Gasteiger partial charge >= 0.3 is 6.16 Å². The summed E-state index contributed by atoms with van der Waals surface area (Å²) in [7, 11) is 0. The third-order valence-electron chi connectivity index (χ3n) is 5.05. The van der Waals surface area contributed by atoms with Crippen molar-refractivity contribution in [2.45, 2.75) is 58.7 Å². The minimum absolute atomic E-state index is 0.137. The molecule has 0 unspecified atom stereocenters. The molecule has 0 radical (unpaired) electrons. The van der Waals surface area contributed by atoms with Gasteiger partial charge < -0.3 is 9.47 Å². The fourth-order valence-corrected chi connectivity index (χ4v) is 3.69. The van der Waals surface area contributed by atoms with E-state index in [9.17, 15) is 4.79 Å². The van der Waals surface area contributed by atoms with Crippen molar-refractivity contribution in [1.29, 1.82) is 0 Å². The van der Waals surface area contributed by atoms with Gasteiger partial charge in [-0.05, 0) is 38.2 Å². The van der Waals surface area contributed by atoms with Crippen molar-refractivity contribution in [3.05, 3.63) is 22.8 Å². The molecule has 0 N–H and O–H groups in total. The van der Waals surface area contributed by atoms with E-state index in [4.69, 9.17) is 9.47 Å². The molecule has 3 aliphatic rings. The van der Waals surface area contributed by atoms with Crippen molar-refractivity contribution in [1.82, 2.24) is 0 Å². The van der Waals surface area contributed by atoms with Crippen molar-refractivity contribution in [3.8, 4) is 0 Å². The lowest BCUT2D eigenvalue weighted by atomic mass is 9.80. The predicted molar refractivity (Wildman–Crippen MR) is 72.7 cm³/mol. The van der Waals surface area contributed by atoms with E-state index in [0.717, 1.165) is 19.3 Å². The molecule has 1 aliphatic heterocycles.